The fraction of sp³-hybridized carbons (Fsp3) is 0.214. The summed E-state index contributed by atoms with van der Waals surface area (Å²) in [6.07, 6.45) is 0.696. The Morgan fingerprint density at radius 3 is 2.41 bits per heavy atom. The molecule has 1 aromatic heterocycles. The Bertz CT molecular complexity index is 726. The molecule has 0 fully saturated rings. The van der Waals surface area contributed by atoms with Crippen LogP contribution in [0.25, 0.3) is 0 Å². The van der Waals surface area contributed by atoms with Crippen LogP contribution in [0.3, 0.4) is 0 Å². The number of nitrogens with one attached hydrogen (secondary N) is 1. The summed E-state index contributed by atoms with van der Waals surface area (Å²) in [4.78, 5) is 12.5. The molecular weight excluding hydrogens is 332 g/mol. The minimum absolute atomic E-state index is 0.222. The molecule has 22 heavy (non-hydrogen) atoms. The van der Waals surface area contributed by atoms with Crippen LogP contribution in [0.4, 0.5) is 8.78 Å². The number of hydrogen-bond donors (Lipinski definition) is 1. The highest BCUT2D eigenvalue weighted by molar-refractivity contribution is 7.91. The fourth-order valence-corrected chi connectivity index (χ4v) is 3.19. The highest BCUT2D eigenvalue weighted by atomic mass is 32.2. The number of amides is 1. The van der Waals surface area contributed by atoms with Crippen molar-refractivity contribution in [3.63, 3.8) is 0 Å². The summed E-state index contributed by atoms with van der Waals surface area (Å²) < 4.78 is 47.3. The zero-order chi connectivity index (χ0) is 16.2. The summed E-state index contributed by atoms with van der Waals surface area (Å²) in [5.41, 5.74) is 0.222. The molecule has 0 aliphatic carbocycles. The van der Waals surface area contributed by atoms with Crippen LogP contribution in [0.5, 0.6) is 0 Å². The molecule has 0 bridgehead atoms. The first-order valence-electron chi connectivity index (χ1n) is 6.34. The van der Waals surface area contributed by atoms with E-state index in [-0.39, 0.29) is 11.5 Å². The van der Waals surface area contributed by atoms with Crippen molar-refractivity contribution in [3.05, 3.63) is 52.2 Å². The van der Waals surface area contributed by atoms with E-state index in [1.165, 1.54) is 12.1 Å². The van der Waals surface area contributed by atoms with Gasteiger partial charge in [-0.05, 0) is 42.1 Å². The van der Waals surface area contributed by atoms with Crippen molar-refractivity contribution in [2.45, 2.75) is 17.1 Å². The maximum atomic E-state index is 12.4. The van der Waals surface area contributed by atoms with E-state index in [0.29, 0.717) is 13.0 Å². The number of benzene rings is 1. The van der Waals surface area contributed by atoms with Crippen molar-refractivity contribution in [2.24, 2.45) is 0 Å². The number of sulfone groups is 1. The van der Waals surface area contributed by atoms with Crippen LogP contribution in [0.2, 0.25) is 0 Å². The first-order chi connectivity index (χ1) is 10.4. The van der Waals surface area contributed by atoms with E-state index >= 15 is 0 Å². The van der Waals surface area contributed by atoms with Crippen molar-refractivity contribution in [1.82, 2.24) is 5.32 Å². The maximum absolute atomic E-state index is 12.4. The molecule has 8 heteroatoms. The number of alkyl halides is 2. The molecule has 118 valence electrons. The lowest BCUT2D eigenvalue weighted by molar-refractivity contribution is 0.0954. The molecular formula is C14H13F2NO3S2. The van der Waals surface area contributed by atoms with Crippen LogP contribution in [0, 0.1) is 0 Å². The van der Waals surface area contributed by atoms with Crippen molar-refractivity contribution in [3.8, 4) is 0 Å². The molecule has 1 aromatic carbocycles. The van der Waals surface area contributed by atoms with Gasteiger partial charge in [-0.25, -0.2) is 8.42 Å². The third-order valence-electron chi connectivity index (χ3n) is 2.92. The lowest BCUT2D eigenvalue weighted by atomic mass is 10.2. The summed E-state index contributed by atoms with van der Waals surface area (Å²) in [7, 11) is -4.63. The Balaban J connectivity index is 1.96. The van der Waals surface area contributed by atoms with Crippen LogP contribution in [0.15, 0.2) is 46.7 Å². The highest BCUT2D eigenvalue weighted by Crippen LogP contribution is 2.18. The second kappa shape index (κ2) is 6.97. The predicted octanol–water partition coefficient (Wildman–Crippen LogP) is 2.72. The molecule has 2 aromatic rings. The van der Waals surface area contributed by atoms with E-state index in [4.69, 9.17) is 0 Å². The molecule has 0 unspecified atom stereocenters. The van der Waals surface area contributed by atoms with Crippen molar-refractivity contribution < 1.29 is 22.0 Å². The van der Waals surface area contributed by atoms with Gasteiger partial charge >= 0.3 is 5.76 Å². The minimum atomic E-state index is -4.63. The monoisotopic (exact) mass is 345 g/mol. The van der Waals surface area contributed by atoms with Gasteiger partial charge in [0.25, 0.3) is 5.91 Å². The Morgan fingerprint density at radius 2 is 1.86 bits per heavy atom. The molecule has 1 heterocycles. The summed E-state index contributed by atoms with van der Waals surface area (Å²) in [5, 5.41) is 4.63. The summed E-state index contributed by atoms with van der Waals surface area (Å²) in [6.45, 7) is 0.441. The first-order valence-corrected chi connectivity index (χ1v) is 8.76. The van der Waals surface area contributed by atoms with Gasteiger partial charge in [-0.3, -0.25) is 4.79 Å². The largest absolute Gasteiger partial charge is 0.352 e. The normalized spacial score (nSPS) is 11.6. The second-order valence-electron chi connectivity index (χ2n) is 4.42. The SMILES string of the molecule is O=C(NCCc1cccs1)c1ccc(S(=O)(=O)C(F)F)cc1. The average molecular weight is 345 g/mol. The summed E-state index contributed by atoms with van der Waals surface area (Å²) in [6, 6.07) is 8.33. The lowest BCUT2D eigenvalue weighted by Gasteiger charge is -2.06. The molecule has 1 N–H and O–H groups in total. The first kappa shape index (κ1) is 16.6. The molecule has 4 nitrogen and oxygen atoms in total. The van der Waals surface area contributed by atoms with E-state index in [0.717, 1.165) is 17.0 Å². The standard InChI is InChI=1S/C14H13F2NO3S2/c15-14(16)22(19,20)12-5-3-10(4-6-12)13(18)17-8-7-11-2-1-9-21-11/h1-6,9,14H,7-8H2,(H,17,18). The van der Waals surface area contributed by atoms with Crippen LogP contribution in [0.1, 0.15) is 15.2 Å². The van der Waals surface area contributed by atoms with Gasteiger partial charge < -0.3 is 5.32 Å². The lowest BCUT2D eigenvalue weighted by Crippen LogP contribution is -2.25. The number of carbonyl (C=O) groups is 1. The quantitative estimate of drug-likeness (QED) is 0.876. The van der Waals surface area contributed by atoms with Gasteiger partial charge in [0.2, 0.25) is 9.84 Å². The van der Waals surface area contributed by atoms with Gasteiger partial charge in [0, 0.05) is 17.0 Å². The van der Waals surface area contributed by atoms with Crippen molar-refractivity contribution in [1.29, 1.82) is 0 Å². The Kier molecular flexibility index (Phi) is 5.25. The molecule has 0 aliphatic heterocycles. The minimum Gasteiger partial charge on any atom is -0.352 e. The number of halogens is 2. The average Bonchev–Trinajstić information content (AvgIpc) is 3.00. The molecule has 0 aliphatic rings. The molecule has 1 amide bonds. The topological polar surface area (TPSA) is 63.2 Å². The summed E-state index contributed by atoms with van der Waals surface area (Å²) >= 11 is 1.59. The van der Waals surface area contributed by atoms with Gasteiger partial charge in [0.05, 0.1) is 4.90 Å². The van der Waals surface area contributed by atoms with E-state index in [1.807, 2.05) is 17.5 Å². The molecule has 0 saturated heterocycles. The number of thiophene rings is 1. The van der Waals surface area contributed by atoms with E-state index in [9.17, 15) is 22.0 Å². The van der Waals surface area contributed by atoms with Crippen molar-refractivity contribution in [2.75, 3.05) is 6.54 Å². The van der Waals surface area contributed by atoms with Crippen LogP contribution < -0.4 is 5.32 Å². The molecule has 2 rings (SSSR count). The van der Waals surface area contributed by atoms with Crippen molar-refractivity contribution >= 4 is 27.1 Å². The Morgan fingerprint density at radius 1 is 1.18 bits per heavy atom. The van der Waals surface area contributed by atoms with E-state index in [1.54, 1.807) is 11.3 Å². The predicted molar refractivity (Wildman–Crippen MR) is 80.0 cm³/mol. The van der Waals surface area contributed by atoms with Gasteiger partial charge in [0.1, 0.15) is 0 Å². The van der Waals surface area contributed by atoms with Gasteiger partial charge in [-0.15, -0.1) is 11.3 Å². The molecule has 0 radical (unpaired) electrons. The fourth-order valence-electron chi connectivity index (χ4n) is 1.75. The highest BCUT2D eigenvalue weighted by Gasteiger charge is 2.26. The second-order valence-corrected chi connectivity index (χ2v) is 7.37. The van der Waals surface area contributed by atoms with Crippen LogP contribution >= 0.6 is 11.3 Å². The Labute approximate surface area is 130 Å². The maximum Gasteiger partial charge on any atom is 0.341 e. The van der Waals surface area contributed by atoms with Crippen LogP contribution in [-0.4, -0.2) is 26.6 Å². The molecule has 0 spiro atoms. The number of carbonyl (C=O) groups excluding carboxylic acids is 1. The van der Waals surface area contributed by atoms with E-state index in [2.05, 4.69) is 5.32 Å². The smallest absolute Gasteiger partial charge is 0.341 e. The van der Waals surface area contributed by atoms with Gasteiger partial charge in [-0.1, -0.05) is 6.07 Å². The van der Waals surface area contributed by atoms with Gasteiger partial charge in [-0.2, -0.15) is 8.78 Å². The Hall–Kier alpha value is -1.80. The molecule has 0 saturated carbocycles. The zero-order valence-electron chi connectivity index (χ0n) is 11.3. The zero-order valence-corrected chi connectivity index (χ0v) is 13.0. The number of hydrogen-bond acceptors (Lipinski definition) is 4. The van der Waals surface area contributed by atoms with E-state index < -0.39 is 20.5 Å². The summed E-state index contributed by atoms with van der Waals surface area (Å²) in [5.74, 6) is -3.85. The van der Waals surface area contributed by atoms with Gasteiger partial charge in [0.15, 0.2) is 0 Å². The molecule has 0 atom stereocenters. The third-order valence-corrected chi connectivity index (χ3v) is 5.25. The third kappa shape index (κ3) is 3.89. The van der Waals surface area contributed by atoms with Crippen LogP contribution in [-0.2, 0) is 16.3 Å². The number of rotatable bonds is 6.